The van der Waals surface area contributed by atoms with Crippen molar-refractivity contribution in [3.63, 3.8) is 0 Å². The van der Waals surface area contributed by atoms with Crippen LogP contribution in [0.1, 0.15) is 13.3 Å². The lowest BCUT2D eigenvalue weighted by molar-refractivity contribution is 0.0716. The molecular formula is C5H10N2O. The van der Waals surface area contributed by atoms with Crippen LogP contribution in [0.15, 0.2) is 10.2 Å². The molecule has 0 saturated carbocycles. The fraction of sp³-hybridized carbons (Fsp3) is 1.00. The van der Waals surface area contributed by atoms with Gasteiger partial charge in [0.25, 0.3) is 0 Å². The summed E-state index contributed by atoms with van der Waals surface area (Å²) in [5.41, 5.74) is 0. The summed E-state index contributed by atoms with van der Waals surface area (Å²) in [5, 5.41) is 7.61. The van der Waals surface area contributed by atoms with Crippen molar-refractivity contribution >= 4 is 0 Å². The van der Waals surface area contributed by atoms with Gasteiger partial charge in [-0.15, -0.1) is 0 Å². The number of hydrogen-bond donors (Lipinski definition) is 0. The molecule has 0 bridgehead atoms. The Hall–Kier alpha value is -0.440. The third kappa shape index (κ3) is 1.26. The summed E-state index contributed by atoms with van der Waals surface area (Å²) in [6.07, 6.45) is 1.04. The predicted octanol–water partition coefficient (Wildman–Crippen LogP) is 1.20. The van der Waals surface area contributed by atoms with E-state index in [0.717, 1.165) is 19.6 Å². The molecule has 46 valence electrons. The molecule has 0 saturated heterocycles. The molecule has 0 N–H and O–H groups in total. The molecule has 0 amide bonds. The molecule has 1 heterocycles. The van der Waals surface area contributed by atoms with Crippen molar-refractivity contribution in [1.82, 2.24) is 0 Å². The van der Waals surface area contributed by atoms with Crippen LogP contribution in [0, 0.1) is 0 Å². The maximum absolute atomic E-state index is 5.14. The number of azo groups is 1. The van der Waals surface area contributed by atoms with Gasteiger partial charge in [-0.05, 0) is 6.92 Å². The van der Waals surface area contributed by atoms with Crippen molar-refractivity contribution in [3.8, 4) is 0 Å². The van der Waals surface area contributed by atoms with E-state index in [1.807, 2.05) is 6.92 Å². The van der Waals surface area contributed by atoms with Crippen LogP contribution < -0.4 is 0 Å². The lowest BCUT2D eigenvalue weighted by atomic mass is 10.4. The summed E-state index contributed by atoms with van der Waals surface area (Å²) in [6, 6.07) is 0. The molecule has 1 aliphatic heterocycles. The Morgan fingerprint density at radius 2 is 2.62 bits per heavy atom. The van der Waals surface area contributed by atoms with E-state index in [1.54, 1.807) is 0 Å². The molecular weight excluding hydrogens is 104 g/mol. The van der Waals surface area contributed by atoms with Crippen LogP contribution in [-0.4, -0.2) is 19.4 Å². The first-order valence-corrected chi connectivity index (χ1v) is 2.91. The summed E-state index contributed by atoms with van der Waals surface area (Å²) < 4.78 is 5.14. The van der Waals surface area contributed by atoms with Crippen LogP contribution in [0.4, 0.5) is 0 Å². The van der Waals surface area contributed by atoms with Gasteiger partial charge < -0.3 is 4.74 Å². The zero-order valence-corrected chi connectivity index (χ0v) is 5.00. The minimum atomic E-state index is 0.0694. The van der Waals surface area contributed by atoms with Gasteiger partial charge in [-0.1, -0.05) is 0 Å². The highest BCUT2D eigenvalue weighted by Crippen LogP contribution is 2.07. The largest absolute Gasteiger partial charge is 0.355 e. The Morgan fingerprint density at radius 1 is 1.75 bits per heavy atom. The molecule has 0 radical (unpaired) electrons. The highest BCUT2D eigenvalue weighted by molar-refractivity contribution is 4.59. The second kappa shape index (κ2) is 2.77. The first kappa shape index (κ1) is 5.69. The molecule has 0 aromatic carbocycles. The van der Waals surface area contributed by atoms with Crippen molar-refractivity contribution in [2.24, 2.45) is 10.2 Å². The van der Waals surface area contributed by atoms with E-state index in [9.17, 15) is 0 Å². The van der Waals surface area contributed by atoms with Crippen molar-refractivity contribution in [1.29, 1.82) is 0 Å². The minimum Gasteiger partial charge on any atom is -0.355 e. The summed E-state index contributed by atoms with van der Waals surface area (Å²) in [4.78, 5) is 0. The molecule has 0 aliphatic carbocycles. The fourth-order valence-electron chi connectivity index (χ4n) is 0.684. The second-order valence-electron chi connectivity index (χ2n) is 1.68. The maximum Gasteiger partial charge on any atom is 0.170 e. The van der Waals surface area contributed by atoms with Crippen LogP contribution in [0.25, 0.3) is 0 Å². The fourth-order valence-corrected chi connectivity index (χ4v) is 0.684. The zero-order valence-electron chi connectivity index (χ0n) is 5.00. The summed E-state index contributed by atoms with van der Waals surface area (Å²) >= 11 is 0. The first-order chi connectivity index (χ1) is 3.93. The second-order valence-corrected chi connectivity index (χ2v) is 1.68. The Morgan fingerprint density at radius 3 is 3.12 bits per heavy atom. The van der Waals surface area contributed by atoms with Gasteiger partial charge >= 0.3 is 0 Å². The van der Waals surface area contributed by atoms with E-state index in [2.05, 4.69) is 10.2 Å². The highest BCUT2D eigenvalue weighted by Gasteiger charge is 2.09. The predicted molar refractivity (Wildman–Crippen MR) is 29.8 cm³/mol. The monoisotopic (exact) mass is 114 g/mol. The van der Waals surface area contributed by atoms with E-state index >= 15 is 0 Å². The molecule has 1 rings (SSSR count). The van der Waals surface area contributed by atoms with E-state index in [0.29, 0.717) is 0 Å². The lowest BCUT2D eigenvalue weighted by Gasteiger charge is -2.01. The SMILES string of the molecule is CCOC1CCN=N1. The topological polar surface area (TPSA) is 34.0 Å². The standard InChI is InChI=1S/C5H10N2O/c1-2-8-5-3-4-6-7-5/h5H,2-4H2,1H3. The molecule has 1 unspecified atom stereocenters. The van der Waals surface area contributed by atoms with E-state index in [1.165, 1.54) is 0 Å². The van der Waals surface area contributed by atoms with Gasteiger partial charge in [-0.3, -0.25) is 0 Å². The van der Waals surface area contributed by atoms with Crippen molar-refractivity contribution < 1.29 is 4.74 Å². The molecule has 0 aromatic heterocycles. The molecule has 1 atom stereocenters. The van der Waals surface area contributed by atoms with Crippen LogP contribution in [0.5, 0.6) is 0 Å². The maximum atomic E-state index is 5.14. The van der Waals surface area contributed by atoms with Crippen molar-refractivity contribution in [3.05, 3.63) is 0 Å². The van der Waals surface area contributed by atoms with Crippen molar-refractivity contribution in [2.75, 3.05) is 13.2 Å². The van der Waals surface area contributed by atoms with Crippen molar-refractivity contribution in [2.45, 2.75) is 19.6 Å². The Balaban J connectivity index is 2.16. The van der Waals surface area contributed by atoms with Gasteiger partial charge in [0.15, 0.2) is 6.23 Å². The Labute approximate surface area is 48.8 Å². The van der Waals surface area contributed by atoms with Crippen LogP contribution >= 0.6 is 0 Å². The van der Waals surface area contributed by atoms with Gasteiger partial charge in [0, 0.05) is 13.0 Å². The summed E-state index contributed by atoms with van der Waals surface area (Å²) in [6.45, 7) is 3.54. The van der Waals surface area contributed by atoms with Crippen LogP contribution in [-0.2, 0) is 4.74 Å². The number of ether oxygens (including phenoxy) is 1. The normalized spacial score (nSPS) is 26.9. The van der Waals surface area contributed by atoms with Crippen LogP contribution in [0.2, 0.25) is 0 Å². The number of hydrogen-bond acceptors (Lipinski definition) is 3. The number of nitrogens with zero attached hydrogens (tertiary/aromatic N) is 2. The van der Waals surface area contributed by atoms with E-state index < -0.39 is 0 Å². The smallest absolute Gasteiger partial charge is 0.170 e. The van der Waals surface area contributed by atoms with Gasteiger partial charge in [-0.2, -0.15) is 10.2 Å². The Bertz CT molecular complexity index is 92.4. The van der Waals surface area contributed by atoms with Gasteiger partial charge in [-0.25, -0.2) is 0 Å². The van der Waals surface area contributed by atoms with Gasteiger partial charge in [0.2, 0.25) is 0 Å². The highest BCUT2D eigenvalue weighted by atomic mass is 16.5. The quantitative estimate of drug-likeness (QED) is 0.531. The molecule has 8 heavy (non-hydrogen) atoms. The van der Waals surface area contributed by atoms with Gasteiger partial charge in [0.05, 0.1) is 6.54 Å². The number of rotatable bonds is 2. The third-order valence-electron chi connectivity index (χ3n) is 1.05. The lowest BCUT2D eigenvalue weighted by Crippen LogP contribution is -2.05. The molecule has 3 nitrogen and oxygen atoms in total. The third-order valence-corrected chi connectivity index (χ3v) is 1.05. The molecule has 0 spiro atoms. The molecule has 3 heteroatoms. The summed E-state index contributed by atoms with van der Waals surface area (Å²) in [5.74, 6) is 0. The average Bonchev–Trinajstić information content (AvgIpc) is 2.19. The minimum absolute atomic E-state index is 0.0694. The van der Waals surface area contributed by atoms with E-state index in [4.69, 9.17) is 4.74 Å². The van der Waals surface area contributed by atoms with Crippen LogP contribution in [0.3, 0.4) is 0 Å². The zero-order chi connectivity index (χ0) is 5.82. The molecule has 1 aliphatic rings. The average molecular weight is 114 g/mol. The Kier molecular flexibility index (Phi) is 1.97. The molecule has 0 fully saturated rings. The summed E-state index contributed by atoms with van der Waals surface area (Å²) in [7, 11) is 0. The van der Waals surface area contributed by atoms with E-state index in [-0.39, 0.29) is 6.23 Å². The first-order valence-electron chi connectivity index (χ1n) is 2.91. The molecule has 0 aromatic rings. The van der Waals surface area contributed by atoms with Gasteiger partial charge in [0.1, 0.15) is 0 Å².